The predicted molar refractivity (Wildman–Crippen MR) is 125 cm³/mol. The first-order valence-electron chi connectivity index (χ1n) is 11.8. The number of alkyl halides is 3. The minimum Gasteiger partial charge on any atom is -0.375 e. The molecule has 0 amide bonds. The summed E-state index contributed by atoms with van der Waals surface area (Å²) in [6, 6.07) is 4.46. The molecule has 10 heteroatoms. The van der Waals surface area contributed by atoms with Crippen LogP contribution in [0, 0.1) is 12.7 Å². The van der Waals surface area contributed by atoms with E-state index in [1.807, 2.05) is 6.07 Å². The molecule has 0 radical (unpaired) electrons. The average Bonchev–Trinajstić information content (AvgIpc) is 3.26. The van der Waals surface area contributed by atoms with Gasteiger partial charge in [-0.1, -0.05) is 12.1 Å². The first-order chi connectivity index (χ1) is 16.7. The summed E-state index contributed by atoms with van der Waals surface area (Å²) in [4.78, 5) is 15.6. The quantitative estimate of drug-likeness (QED) is 0.467. The average molecular weight is 490 g/mol. The van der Waals surface area contributed by atoms with E-state index in [-0.39, 0.29) is 11.2 Å². The van der Waals surface area contributed by atoms with Gasteiger partial charge in [-0.15, -0.1) is 0 Å². The van der Waals surface area contributed by atoms with Crippen molar-refractivity contribution in [1.29, 1.82) is 0 Å². The number of nitrogens with one attached hydrogen (secondary N) is 1. The van der Waals surface area contributed by atoms with Gasteiger partial charge >= 0.3 is 6.18 Å². The molecule has 1 aromatic carbocycles. The minimum atomic E-state index is -4.77. The van der Waals surface area contributed by atoms with Crippen molar-refractivity contribution in [1.82, 2.24) is 15.0 Å². The highest BCUT2D eigenvalue weighted by atomic mass is 19.4. The van der Waals surface area contributed by atoms with Gasteiger partial charge in [0.1, 0.15) is 17.5 Å². The number of benzene rings is 1. The van der Waals surface area contributed by atoms with Crippen LogP contribution in [0.25, 0.3) is 11.0 Å². The van der Waals surface area contributed by atoms with Gasteiger partial charge in [-0.05, 0) is 51.7 Å². The van der Waals surface area contributed by atoms with E-state index in [1.165, 1.54) is 12.1 Å². The van der Waals surface area contributed by atoms with E-state index < -0.39 is 23.6 Å². The molecule has 35 heavy (non-hydrogen) atoms. The van der Waals surface area contributed by atoms with Gasteiger partial charge in [0.15, 0.2) is 5.65 Å². The zero-order valence-corrected chi connectivity index (χ0v) is 19.6. The van der Waals surface area contributed by atoms with Crippen molar-refractivity contribution >= 4 is 22.5 Å². The fourth-order valence-corrected chi connectivity index (χ4v) is 5.10. The number of nitrogens with zero attached hydrogens (tertiary/aromatic N) is 4. The molecule has 2 aromatic heterocycles. The number of anilines is 2. The number of halogens is 4. The molecule has 0 aliphatic carbocycles. The lowest BCUT2D eigenvalue weighted by molar-refractivity contribution is -0.140. The number of hydrogen-bond donors (Lipinski definition) is 1. The lowest BCUT2D eigenvalue weighted by Crippen LogP contribution is -2.44. The molecule has 0 unspecified atom stereocenters. The number of ether oxygens (including phenoxy) is 1. The fourth-order valence-electron chi connectivity index (χ4n) is 5.10. The summed E-state index contributed by atoms with van der Waals surface area (Å²) in [5.41, 5.74) is 0.00144. The Kier molecular flexibility index (Phi) is 6.03. The van der Waals surface area contributed by atoms with Crippen molar-refractivity contribution in [3.05, 3.63) is 53.2 Å². The van der Waals surface area contributed by atoms with Crippen molar-refractivity contribution in [2.45, 2.75) is 57.3 Å². The maximum atomic E-state index is 14.7. The smallest absolute Gasteiger partial charge is 0.375 e. The van der Waals surface area contributed by atoms with Gasteiger partial charge in [0.05, 0.1) is 34.5 Å². The van der Waals surface area contributed by atoms with Crippen LogP contribution in [-0.2, 0) is 10.9 Å². The van der Waals surface area contributed by atoms with E-state index in [1.54, 1.807) is 20.0 Å². The number of rotatable bonds is 4. The van der Waals surface area contributed by atoms with Crippen LogP contribution in [0.3, 0.4) is 0 Å². The van der Waals surface area contributed by atoms with Crippen molar-refractivity contribution in [3.63, 3.8) is 0 Å². The van der Waals surface area contributed by atoms with E-state index in [4.69, 9.17) is 4.74 Å². The van der Waals surface area contributed by atoms with Crippen LogP contribution >= 0.6 is 0 Å². The Morgan fingerprint density at radius 1 is 1.14 bits per heavy atom. The predicted octanol–water partition coefficient (Wildman–Crippen LogP) is 5.81. The van der Waals surface area contributed by atoms with Crippen molar-refractivity contribution in [2.24, 2.45) is 0 Å². The second-order valence-corrected chi connectivity index (χ2v) is 9.38. The maximum Gasteiger partial charge on any atom is 0.419 e. The third-order valence-electron chi connectivity index (χ3n) is 7.03. The number of hydrogen-bond acceptors (Lipinski definition) is 6. The summed E-state index contributed by atoms with van der Waals surface area (Å²) < 4.78 is 60.3. The van der Waals surface area contributed by atoms with Crippen molar-refractivity contribution in [2.75, 3.05) is 29.9 Å². The minimum absolute atomic E-state index is 0.00181. The van der Waals surface area contributed by atoms with Crippen LogP contribution in [0.5, 0.6) is 0 Å². The van der Waals surface area contributed by atoms with Gasteiger partial charge in [-0.2, -0.15) is 13.2 Å². The third-order valence-corrected chi connectivity index (χ3v) is 7.03. The Morgan fingerprint density at radius 2 is 1.91 bits per heavy atom. The lowest BCUT2D eigenvalue weighted by Gasteiger charge is -2.39. The number of pyridine rings is 1. The Morgan fingerprint density at radius 3 is 2.60 bits per heavy atom. The Balaban J connectivity index is 1.43. The molecule has 5 rings (SSSR count). The van der Waals surface area contributed by atoms with E-state index in [9.17, 15) is 17.6 Å². The molecule has 4 heterocycles. The molecule has 1 spiro atoms. The molecule has 3 aromatic rings. The molecule has 6 nitrogen and oxygen atoms in total. The van der Waals surface area contributed by atoms with E-state index in [2.05, 4.69) is 25.2 Å². The summed E-state index contributed by atoms with van der Waals surface area (Å²) >= 11 is 0. The molecule has 2 saturated heterocycles. The monoisotopic (exact) mass is 489 g/mol. The van der Waals surface area contributed by atoms with Gasteiger partial charge in [0.25, 0.3) is 0 Å². The summed E-state index contributed by atoms with van der Waals surface area (Å²) in [6.07, 6.45) is 1.12. The van der Waals surface area contributed by atoms with Crippen molar-refractivity contribution < 1.29 is 22.3 Å². The standard InChI is InChI=1S/C25H27F4N5O/c1-15(18-5-3-6-20(21(18)26)25(27,28)29)31-23-19-13-17(14-30-22(19)32-16(2)33-23)34-10-8-24(9-11-34)7-4-12-35-24/h3,5-6,13-15H,4,7-12H2,1-2H3,(H,30,31,32,33)/t15-/m1/s1. The first kappa shape index (κ1) is 23.7. The number of aryl methyl sites for hydroxylation is 1. The zero-order chi connectivity index (χ0) is 24.8. The summed E-state index contributed by atoms with van der Waals surface area (Å²) in [5, 5.41) is 3.72. The normalized spacial score (nSPS) is 18.9. The highest BCUT2D eigenvalue weighted by molar-refractivity contribution is 5.89. The van der Waals surface area contributed by atoms with Crippen molar-refractivity contribution in [3.8, 4) is 0 Å². The lowest BCUT2D eigenvalue weighted by atomic mass is 9.88. The zero-order valence-electron chi connectivity index (χ0n) is 19.6. The Labute approximate surface area is 200 Å². The first-order valence-corrected chi connectivity index (χ1v) is 11.8. The third kappa shape index (κ3) is 4.63. The summed E-state index contributed by atoms with van der Waals surface area (Å²) in [7, 11) is 0. The summed E-state index contributed by atoms with van der Waals surface area (Å²) in [6.45, 7) is 5.82. The van der Waals surface area contributed by atoms with E-state index in [0.29, 0.717) is 22.7 Å². The van der Waals surface area contributed by atoms with Gasteiger partial charge in [-0.3, -0.25) is 0 Å². The molecule has 186 valence electrons. The second-order valence-electron chi connectivity index (χ2n) is 9.38. The summed E-state index contributed by atoms with van der Waals surface area (Å²) in [5.74, 6) is -0.431. The molecule has 0 bridgehead atoms. The number of fused-ring (bicyclic) bond motifs is 1. The van der Waals surface area contributed by atoms with Gasteiger partial charge < -0.3 is 15.0 Å². The van der Waals surface area contributed by atoms with E-state index >= 15 is 0 Å². The molecule has 1 atom stereocenters. The van der Waals surface area contributed by atoms with Gasteiger partial charge in [0.2, 0.25) is 0 Å². The largest absolute Gasteiger partial charge is 0.419 e. The fraction of sp³-hybridized carbons (Fsp3) is 0.480. The van der Waals surface area contributed by atoms with E-state index in [0.717, 1.165) is 57.1 Å². The number of piperidine rings is 1. The highest BCUT2D eigenvalue weighted by Gasteiger charge is 2.38. The van der Waals surface area contributed by atoms with Crippen LogP contribution in [0.2, 0.25) is 0 Å². The van der Waals surface area contributed by atoms with Crippen LogP contribution in [-0.4, -0.2) is 40.2 Å². The Hall–Kier alpha value is -3.01. The molecular weight excluding hydrogens is 462 g/mol. The van der Waals surface area contributed by atoms with Crippen LogP contribution in [0.4, 0.5) is 29.1 Å². The maximum absolute atomic E-state index is 14.7. The molecule has 0 saturated carbocycles. The SMILES string of the molecule is Cc1nc(N[C@H](C)c2cccc(C(F)(F)F)c2F)c2cc(N3CCC4(CCCO4)CC3)cnc2n1. The molecule has 1 N–H and O–H groups in total. The highest BCUT2D eigenvalue weighted by Crippen LogP contribution is 2.38. The van der Waals surface area contributed by atoms with Gasteiger partial charge in [0, 0.05) is 25.3 Å². The Bertz CT molecular complexity index is 1230. The van der Waals surface area contributed by atoms with Crippen LogP contribution < -0.4 is 10.2 Å². The molecule has 2 fully saturated rings. The molecule has 2 aliphatic heterocycles. The van der Waals surface area contributed by atoms with Gasteiger partial charge in [-0.25, -0.2) is 19.3 Å². The van der Waals surface area contributed by atoms with Crippen LogP contribution in [0.1, 0.15) is 55.6 Å². The number of aromatic nitrogens is 3. The molecular formula is C25H27F4N5O. The van der Waals surface area contributed by atoms with Crippen LogP contribution in [0.15, 0.2) is 30.5 Å². The molecule has 2 aliphatic rings. The topological polar surface area (TPSA) is 63.2 Å². The second kappa shape index (κ2) is 8.89.